The van der Waals surface area contributed by atoms with Gasteiger partial charge in [-0.1, -0.05) is 12.1 Å². The van der Waals surface area contributed by atoms with E-state index < -0.39 is 0 Å². The van der Waals surface area contributed by atoms with Crippen molar-refractivity contribution in [3.63, 3.8) is 0 Å². The second-order valence-corrected chi connectivity index (χ2v) is 3.11. The Kier molecular flexibility index (Phi) is 3.49. The summed E-state index contributed by atoms with van der Waals surface area (Å²) in [6, 6.07) is 9.75. The van der Waals surface area contributed by atoms with E-state index in [1.54, 1.807) is 7.11 Å². The van der Waals surface area contributed by atoms with Crippen molar-refractivity contribution in [2.45, 2.75) is 4.90 Å². The van der Waals surface area contributed by atoms with Crippen LogP contribution >= 0.6 is 11.8 Å². The van der Waals surface area contributed by atoms with E-state index >= 15 is 0 Å². The number of thioether (sulfide) groups is 1. The minimum Gasteiger partial charge on any atom is -0.496 e. The fourth-order valence-electron chi connectivity index (χ4n) is 0.848. The maximum atomic E-state index is 8.38. The van der Waals surface area contributed by atoms with Crippen molar-refractivity contribution >= 4 is 11.8 Å². The summed E-state index contributed by atoms with van der Waals surface area (Å²) in [5.74, 6) is 1.29. The van der Waals surface area contributed by atoms with E-state index in [1.165, 1.54) is 11.8 Å². The summed E-state index contributed by atoms with van der Waals surface area (Å²) in [4.78, 5) is 1.02. The van der Waals surface area contributed by atoms with Gasteiger partial charge in [-0.25, -0.2) is 0 Å². The van der Waals surface area contributed by atoms with Crippen LogP contribution in [0.4, 0.5) is 0 Å². The lowest BCUT2D eigenvalue weighted by molar-refractivity contribution is 0.405. The predicted molar refractivity (Wildman–Crippen MR) is 49.3 cm³/mol. The summed E-state index contributed by atoms with van der Waals surface area (Å²) in [5.41, 5.74) is 0. The molecule has 62 valence electrons. The van der Waals surface area contributed by atoms with Gasteiger partial charge in [-0.2, -0.15) is 5.26 Å². The number of nitrogens with zero attached hydrogens (tertiary/aromatic N) is 1. The van der Waals surface area contributed by atoms with Crippen molar-refractivity contribution in [3.05, 3.63) is 24.3 Å². The molecule has 0 bridgehead atoms. The molecule has 1 aromatic rings. The molecule has 1 aromatic carbocycles. The molecule has 0 amide bonds. The Morgan fingerprint density at radius 3 is 2.92 bits per heavy atom. The van der Waals surface area contributed by atoms with E-state index in [-0.39, 0.29) is 0 Å². The first-order chi connectivity index (χ1) is 5.88. The van der Waals surface area contributed by atoms with E-state index in [1.807, 2.05) is 24.3 Å². The van der Waals surface area contributed by atoms with Crippen LogP contribution in [0.1, 0.15) is 0 Å². The number of para-hydroxylation sites is 1. The van der Waals surface area contributed by atoms with Gasteiger partial charge in [0.1, 0.15) is 5.75 Å². The summed E-state index contributed by atoms with van der Waals surface area (Å²) in [6.07, 6.45) is 0. The van der Waals surface area contributed by atoms with Crippen molar-refractivity contribution in [3.8, 4) is 11.8 Å². The zero-order valence-electron chi connectivity index (χ0n) is 6.78. The lowest BCUT2D eigenvalue weighted by Gasteiger charge is -2.04. The van der Waals surface area contributed by atoms with Crippen LogP contribution in [0.5, 0.6) is 5.75 Å². The molecule has 1 rings (SSSR count). The molecule has 0 saturated heterocycles. The first kappa shape index (κ1) is 8.95. The minimum atomic E-state index is 0.459. The third kappa shape index (κ3) is 2.18. The standard InChI is InChI=1S/C9H9NOS/c1-11-8-4-2-3-5-9(8)12-7-6-10/h2-5H,7H2,1H3. The average Bonchev–Trinajstić information content (AvgIpc) is 2.15. The van der Waals surface area contributed by atoms with Crippen LogP contribution in [0.3, 0.4) is 0 Å². The highest BCUT2D eigenvalue weighted by molar-refractivity contribution is 7.99. The van der Waals surface area contributed by atoms with Crippen molar-refractivity contribution in [1.82, 2.24) is 0 Å². The molecule has 3 heteroatoms. The topological polar surface area (TPSA) is 33.0 Å². The molecule has 0 heterocycles. The van der Waals surface area contributed by atoms with Crippen LogP contribution in [0.15, 0.2) is 29.2 Å². The number of hydrogen-bond acceptors (Lipinski definition) is 3. The average molecular weight is 179 g/mol. The second kappa shape index (κ2) is 4.68. The molecule has 0 spiro atoms. The lowest BCUT2D eigenvalue weighted by Crippen LogP contribution is -1.85. The Labute approximate surface area is 76.2 Å². The Morgan fingerprint density at radius 2 is 2.25 bits per heavy atom. The second-order valence-electron chi connectivity index (χ2n) is 2.10. The van der Waals surface area contributed by atoms with Crippen LogP contribution < -0.4 is 4.74 Å². The first-order valence-electron chi connectivity index (χ1n) is 3.51. The van der Waals surface area contributed by atoms with Gasteiger partial charge in [0.25, 0.3) is 0 Å². The third-order valence-corrected chi connectivity index (χ3v) is 2.28. The smallest absolute Gasteiger partial charge is 0.132 e. The van der Waals surface area contributed by atoms with Gasteiger partial charge in [-0.3, -0.25) is 0 Å². The summed E-state index contributed by atoms with van der Waals surface area (Å²) in [6.45, 7) is 0. The molecular weight excluding hydrogens is 170 g/mol. The molecule has 0 fully saturated rings. The van der Waals surface area contributed by atoms with E-state index in [0.29, 0.717) is 5.75 Å². The number of ether oxygens (including phenoxy) is 1. The van der Waals surface area contributed by atoms with Crippen molar-refractivity contribution < 1.29 is 4.74 Å². The van der Waals surface area contributed by atoms with Gasteiger partial charge in [-0.05, 0) is 12.1 Å². The molecule has 0 aliphatic heterocycles. The van der Waals surface area contributed by atoms with Crippen LogP contribution in [-0.4, -0.2) is 12.9 Å². The molecule has 0 unspecified atom stereocenters. The number of hydrogen-bond donors (Lipinski definition) is 0. The highest BCUT2D eigenvalue weighted by atomic mass is 32.2. The Hall–Kier alpha value is -1.14. The molecule has 0 atom stereocenters. The highest BCUT2D eigenvalue weighted by Crippen LogP contribution is 2.27. The Morgan fingerprint density at radius 1 is 1.50 bits per heavy atom. The lowest BCUT2D eigenvalue weighted by atomic mass is 10.3. The molecule has 12 heavy (non-hydrogen) atoms. The zero-order valence-corrected chi connectivity index (χ0v) is 7.60. The van der Waals surface area contributed by atoms with E-state index in [4.69, 9.17) is 10.00 Å². The van der Waals surface area contributed by atoms with E-state index in [9.17, 15) is 0 Å². The first-order valence-corrected chi connectivity index (χ1v) is 4.50. The number of methoxy groups -OCH3 is 1. The van der Waals surface area contributed by atoms with Gasteiger partial charge in [0.15, 0.2) is 0 Å². The van der Waals surface area contributed by atoms with Crippen molar-refractivity contribution in [2.24, 2.45) is 0 Å². The normalized spacial score (nSPS) is 9.00. The molecule has 0 aliphatic carbocycles. The largest absolute Gasteiger partial charge is 0.496 e. The van der Waals surface area contributed by atoms with Crippen molar-refractivity contribution in [1.29, 1.82) is 5.26 Å². The highest BCUT2D eigenvalue weighted by Gasteiger charge is 1.99. The molecule has 0 aliphatic rings. The number of benzene rings is 1. The van der Waals surface area contributed by atoms with Crippen LogP contribution in [0, 0.1) is 11.3 Å². The van der Waals surface area contributed by atoms with Gasteiger partial charge in [0.2, 0.25) is 0 Å². The van der Waals surface area contributed by atoms with Crippen LogP contribution in [0.2, 0.25) is 0 Å². The SMILES string of the molecule is COc1ccccc1SCC#N. The molecule has 0 saturated carbocycles. The van der Waals surface area contributed by atoms with Crippen molar-refractivity contribution in [2.75, 3.05) is 12.9 Å². The predicted octanol–water partition coefficient (Wildman–Crippen LogP) is 2.31. The van der Waals surface area contributed by atoms with E-state index in [0.717, 1.165) is 10.6 Å². The third-order valence-electron chi connectivity index (χ3n) is 1.36. The monoisotopic (exact) mass is 179 g/mol. The Balaban J connectivity index is 2.76. The quantitative estimate of drug-likeness (QED) is 0.667. The summed E-state index contributed by atoms with van der Waals surface area (Å²) in [5, 5.41) is 8.38. The summed E-state index contributed by atoms with van der Waals surface area (Å²) >= 11 is 1.49. The number of rotatable bonds is 3. The molecule has 2 nitrogen and oxygen atoms in total. The maximum Gasteiger partial charge on any atom is 0.132 e. The van der Waals surface area contributed by atoms with Crippen LogP contribution in [-0.2, 0) is 0 Å². The van der Waals surface area contributed by atoms with E-state index in [2.05, 4.69) is 6.07 Å². The summed E-state index contributed by atoms with van der Waals surface area (Å²) < 4.78 is 5.11. The number of nitriles is 1. The van der Waals surface area contributed by atoms with Gasteiger partial charge < -0.3 is 4.74 Å². The van der Waals surface area contributed by atoms with Gasteiger partial charge in [-0.15, -0.1) is 11.8 Å². The molecule has 0 N–H and O–H groups in total. The van der Waals surface area contributed by atoms with Gasteiger partial charge in [0, 0.05) is 0 Å². The van der Waals surface area contributed by atoms with Crippen LogP contribution in [0.25, 0.3) is 0 Å². The maximum absolute atomic E-state index is 8.38. The zero-order chi connectivity index (χ0) is 8.81. The molecular formula is C9H9NOS. The summed E-state index contributed by atoms with van der Waals surface area (Å²) in [7, 11) is 1.63. The fraction of sp³-hybridized carbons (Fsp3) is 0.222. The molecule has 0 aromatic heterocycles. The van der Waals surface area contributed by atoms with Gasteiger partial charge >= 0.3 is 0 Å². The van der Waals surface area contributed by atoms with Gasteiger partial charge in [0.05, 0.1) is 23.8 Å². The minimum absolute atomic E-state index is 0.459. The molecule has 0 radical (unpaired) electrons. The fourth-order valence-corrected chi connectivity index (χ4v) is 1.54. The Bertz CT molecular complexity index is 293.